The van der Waals surface area contributed by atoms with E-state index in [1.54, 1.807) is 22.8 Å². The lowest BCUT2D eigenvalue weighted by Crippen LogP contribution is -2.27. The molecular weight excluding hydrogens is 240 g/mol. The van der Waals surface area contributed by atoms with Crippen molar-refractivity contribution in [3.8, 4) is 0 Å². The number of hydrogen-bond donors (Lipinski definition) is 1. The van der Waals surface area contributed by atoms with Crippen molar-refractivity contribution in [2.45, 2.75) is 20.0 Å². The molecule has 0 aliphatic rings. The quantitative estimate of drug-likeness (QED) is 0.908. The Bertz CT molecular complexity index is 562. The van der Waals surface area contributed by atoms with Crippen molar-refractivity contribution in [3.63, 3.8) is 0 Å². The van der Waals surface area contributed by atoms with Crippen molar-refractivity contribution in [3.05, 3.63) is 47.8 Å². The Hall–Kier alpha value is -2.30. The number of aromatic nitrogens is 2. The number of hydrogen-bond acceptors (Lipinski definition) is 3. The maximum Gasteiger partial charge on any atom is 0.276 e. The predicted molar refractivity (Wildman–Crippen MR) is 74.6 cm³/mol. The summed E-state index contributed by atoms with van der Waals surface area (Å²) < 4.78 is 1.67. The summed E-state index contributed by atoms with van der Waals surface area (Å²) in [7, 11) is 1.75. The summed E-state index contributed by atoms with van der Waals surface area (Å²) in [4.78, 5) is 13.9. The van der Waals surface area contributed by atoms with Crippen LogP contribution in [0.15, 0.2) is 36.5 Å². The van der Waals surface area contributed by atoms with E-state index in [4.69, 9.17) is 5.73 Å². The molecule has 0 atom stereocenters. The number of anilines is 1. The number of benzene rings is 1. The third-order valence-corrected chi connectivity index (χ3v) is 2.93. The van der Waals surface area contributed by atoms with Gasteiger partial charge in [-0.05, 0) is 12.5 Å². The molecule has 2 aromatic rings. The van der Waals surface area contributed by atoms with Gasteiger partial charge in [-0.3, -0.25) is 9.48 Å². The summed E-state index contributed by atoms with van der Waals surface area (Å²) in [5.74, 6) is -0.159. The van der Waals surface area contributed by atoms with E-state index < -0.39 is 0 Å². The maximum absolute atomic E-state index is 12.3. The first-order valence-corrected chi connectivity index (χ1v) is 6.24. The van der Waals surface area contributed by atoms with E-state index in [-0.39, 0.29) is 5.91 Å². The van der Waals surface area contributed by atoms with Crippen LogP contribution in [0.3, 0.4) is 0 Å². The fourth-order valence-corrected chi connectivity index (χ4v) is 1.87. The molecule has 0 aliphatic heterocycles. The first-order valence-electron chi connectivity index (χ1n) is 6.24. The summed E-state index contributed by atoms with van der Waals surface area (Å²) in [5, 5.41) is 4.19. The first kappa shape index (κ1) is 13.1. The largest absolute Gasteiger partial charge is 0.396 e. The Balaban J connectivity index is 2.12. The molecule has 0 unspecified atom stereocenters. The van der Waals surface area contributed by atoms with Crippen molar-refractivity contribution in [2.75, 3.05) is 12.8 Å². The molecule has 1 aromatic heterocycles. The molecule has 0 spiro atoms. The SMILES string of the molecule is CCn1cc(N)c(C(=O)N(C)Cc2ccccc2)n1. The van der Waals surface area contributed by atoms with Crippen LogP contribution in [0, 0.1) is 0 Å². The van der Waals surface area contributed by atoms with E-state index in [0.717, 1.165) is 5.56 Å². The molecule has 5 heteroatoms. The van der Waals surface area contributed by atoms with Crippen LogP contribution in [0.2, 0.25) is 0 Å². The summed E-state index contributed by atoms with van der Waals surface area (Å²) in [5.41, 5.74) is 7.64. The van der Waals surface area contributed by atoms with E-state index >= 15 is 0 Å². The van der Waals surface area contributed by atoms with Crippen LogP contribution in [0.1, 0.15) is 23.0 Å². The van der Waals surface area contributed by atoms with Crippen molar-refractivity contribution >= 4 is 11.6 Å². The van der Waals surface area contributed by atoms with Crippen molar-refractivity contribution in [2.24, 2.45) is 0 Å². The van der Waals surface area contributed by atoms with Gasteiger partial charge in [0, 0.05) is 26.3 Å². The molecular formula is C14H18N4O. The van der Waals surface area contributed by atoms with Gasteiger partial charge in [0.15, 0.2) is 5.69 Å². The van der Waals surface area contributed by atoms with Crippen LogP contribution >= 0.6 is 0 Å². The van der Waals surface area contributed by atoms with E-state index in [2.05, 4.69) is 5.10 Å². The van der Waals surface area contributed by atoms with Crippen LogP contribution in [0.5, 0.6) is 0 Å². The lowest BCUT2D eigenvalue weighted by atomic mass is 10.2. The third-order valence-electron chi connectivity index (χ3n) is 2.93. The van der Waals surface area contributed by atoms with Crippen LogP contribution < -0.4 is 5.73 Å². The van der Waals surface area contributed by atoms with Gasteiger partial charge in [0.25, 0.3) is 5.91 Å². The van der Waals surface area contributed by atoms with Gasteiger partial charge < -0.3 is 10.6 Å². The number of aryl methyl sites for hydroxylation is 1. The van der Waals surface area contributed by atoms with Crippen LogP contribution in [-0.4, -0.2) is 27.6 Å². The molecule has 2 N–H and O–H groups in total. The average molecular weight is 258 g/mol. The number of carbonyl (C=O) groups excluding carboxylic acids is 1. The summed E-state index contributed by atoms with van der Waals surface area (Å²) >= 11 is 0. The number of nitrogen functional groups attached to an aromatic ring is 1. The topological polar surface area (TPSA) is 64.2 Å². The highest BCUT2D eigenvalue weighted by molar-refractivity contribution is 5.96. The number of rotatable bonds is 4. The van der Waals surface area contributed by atoms with Gasteiger partial charge in [-0.15, -0.1) is 0 Å². The average Bonchev–Trinajstić information content (AvgIpc) is 2.80. The summed E-state index contributed by atoms with van der Waals surface area (Å²) in [6, 6.07) is 9.82. The number of carbonyl (C=O) groups is 1. The Morgan fingerprint density at radius 1 is 1.37 bits per heavy atom. The molecule has 2 rings (SSSR count). The standard InChI is InChI=1S/C14H18N4O/c1-3-18-10-12(15)13(16-18)14(19)17(2)9-11-7-5-4-6-8-11/h4-8,10H,3,9,15H2,1-2H3. The highest BCUT2D eigenvalue weighted by Crippen LogP contribution is 2.13. The van der Waals surface area contributed by atoms with Crippen molar-refractivity contribution in [1.29, 1.82) is 0 Å². The minimum Gasteiger partial charge on any atom is -0.396 e. The molecule has 1 heterocycles. The summed E-state index contributed by atoms with van der Waals surface area (Å²) in [6.45, 7) is 3.19. The molecule has 100 valence electrons. The smallest absolute Gasteiger partial charge is 0.276 e. The zero-order valence-electron chi connectivity index (χ0n) is 11.2. The fraction of sp³-hybridized carbons (Fsp3) is 0.286. The van der Waals surface area contributed by atoms with Crippen molar-refractivity contribution in [1.82, 2.24) is 14.7 Å². The predicted octanol–water partition coefficient (Wildman–Crippen LogP) is 1.76. The van der Waals surface area contributed by atoms with Gasteiger partial charge in [-0.2, -0.15) is 5.10 Å². The normalized spacial score (nSPS) is 10.4. The van der Waals surface area contributed by atoms with Gasteiger partial charge in [-0.1, -0.05) is 30.3 Å². The molecule has 1 amide bonds. The van der Waals surface area contributed by atoms with Crippen molar-refractivity contribution < 1.29 is 4.79 Å². The lowest BCUT2D eigenvalue weighted by Gasteiger charge is -2.16. The monoisotopic (exact) mass is 258 g/mol. The van der Waals surface area contributed by atoms with Gasteiger partial charge in [0.2, 0.25) is 0 Å². The number of amides is 1. The Labute approximate surface area is 112 Å². The molecule has 0 bridgehead atoms. The van der Waals surface area contributed by atoms with Gasteiger partial charge in [0.05, 0.1) is 5.69 Å². The van der Waals surface area contributed by atoms with E-state index in [0.29, 0.717) is 24.5 Å². The minimum atomic E-state index is -0.159. The Morgan fingerprint density at radius 3 is 2.63 bits per heavy atom. The van der Waals surface area contributed by atoms with E-state index in [1.807, 2.05) is 37.3 Å². The molecule has 0 saturated heterocycles. The molecule has 0 fully saturated rings. The van der Waals surface area contributed by atoms with Crippen LogP contribution in [0.25, 0.3) is 0 Å². The molecule has 0 saturated carbocycles. The highest BCUT2D eigenvalue weighted by atomic mass is 16.2. The second-order valence-corrected chi connectivity index (χ2v) is 4.44. The second-order valence-electron chi connectivity index (χ2n) is 4.44. The van der Waals surface area contributed by atoms with Crippen LogP contribution in [-0.2, 0) is 13.1 Å². The minimum absolute atomic E-state index is 0.159. The number of nitrogens with zero attached hydrogens (tertiary/aromatic N) is 3. The zero-order chi connectivity index (χ0) is 13.8. The lowest BCUT2D eigenvalue weighted by molar-refractivity contribution is 0.0779. The number of nitrogens with two attached hydrogens (primary N) is 1. The van der Waals surface area contributed by atoms with Gasteiger partial charge in [0.1, 0.15) is 0 Å². The van der Waals surface area contributed by atoms with Gasteiger partial charge >= 0.3 is 0 Å². The van der Waals surface area contributed by atoms with Gasteiger partial charge in [-0.25, -0.2) is 0 Å². The fourth-order valence-electron chi connectivity index (χ4n) is 1.87. The first-order chi connectivity index (χ1) is 9.11. The summed E-state index contributed by atoms with van der Waals surface area (Å²) in [6.07, 6.45) is 1.68. The Kier molecular flexibility index (Phi) is 3.85. The maximum atomic E-state index is 12.3. The molecule has 0 aliphatic carbocycles. The van der Waals surface area contributed by atoms with E-state index in [1.165, 1.54) is 0 Å². The zero-order valence-corrected chi connectivity index (χ0v) is 11.2. The molecule has 1 aromatic carbocycles. The highest BCUT2D eigenvalue weighted by Gasteiger charge is 2.18. The molecule has 0 radical (unpaired) electrons. The van der Waals surface area contributed by atoms with E-state index in [9.17, 15) is 4.79 Å². The molecule has 5 nitrogen and oxygen atoms in total. The third kappa shape index (κ3) is 2.93. The Morgan fingerprint density at radius 2 is 2.05 bits per heavy atom. The second kappa shape index (κ2) is 5.56. The molecule has 19 heavy (non-hydrogen) atoms. The van der Waals surface area contributed by atoms with Crippen LogP contribution in [0.4, 0.5) is 5.69 Å².